The van der Waals surface area contributed by atoms with Crippen LogP contribution in [0.15, 0.2) is 30.7 Å². The Morgan fingerprint density at radius 3 is 2.62 bits per heavy atom. The van der Waals surface area contributed by atoms with Gasteiger partial charge in [-0.1, -0.05) is 0 Å². The Hall–Kier alpha value is -2.88. The van der Waals surface area contributed by atoms with Crippen molar-refractivity contribution in [2.75, 3.05) is 13.1 Å². The molecule has 0 spiro atoms. The minimum atomic E-state index is -0.440. The van der Waals surface area contributed by atoms with Crippen LogP contribution < -0.4 is 0 Å². The van der Waals surface area contributed by atoms with Crippen LogP contribution in [0.3, 0.4) is 0 Å². The second-order valence-corrected chi connectivity index (χ2v) is 8.59. The zero-order valence-electron chi connectivity index (χ0n) is 17.5. The van der Waals surface area contributed by atoms with E-state index in [2.05, 4.69) is 10.1 Å². The minimum Gasteiger partial charge on any atom is -0.444 e. The summed E-state index contributed by atoms with van der Waals surface area (Å²) < 4.78 is 7.42. The molecule has 0 unspecified atom stereocenters. The molecule has 0 N–H and O–H groups in total. The van der Waals surface area contributed by atoms with Crippen molar-refractivity contribution in [3.05, 3.63) is 36.4 Å². The molecule has 2 aromatic rings. The Kier molecular flexibility index (Phi) is 6.53. The van der Waals surface area contributed by atoms with Gasteiger partial charge in [0.1, 0.15) is 17.4 Å². The molecule has 1 saturated heterocycles. The first-order valence-electron chi connectivity index (χ1n) is 10.2. The van der Waals surface area contributed by atoms with Gasteiger partial charge < -0.3 is 9.64 Å². The van der Waals surface area contributed by atoms with Crippen LogP contribution in [0.1, 0.15) is 52.1 Å². The molecule has 154 valence electrons. The third kappa shape index (κ3) is 6.05. The van der Waals surface area contributed by atoms with Crippen molar-refractivity contribution in [1.29, 1.82) is 5.26 Å². The molecule has 0 aromatic carbocycles. The lowest BCUT2D eigenvalue weighted by Crippen LogP contribution is -2.41. The molecule has 1 fully saturated rings. The lowest BCUT2D eigenvalue weighted by Gasteiger charge is -2.33. The van der Waals surface area contributed by atoms with Gasteiger partial charge in [-0.25, -0.2) is 9.78 Å². The molecule has 29 heavy (non-hydrogen) atoms. The number of ether oxygens (including phenoxy) is 1. The van der Waals surface area contributed by atoms with Crippen LogP contribution in [0.5, 0.6) is 0 Å². The SMILES string of the molecule is CC(C)(C)OC(=O)N1CCC(CCCn2cc(-c3ccc(C#N)nc3)cn2)CC1. The number of aromatic nitrogens is 3. The maximum atomic E-state index is 12.1. The summed E-state index contributed by atoms with van der Waals surface area (Å²) in [6.07, 6.45) is 9.62. The van der Waals surface area contributed by atoms with Gasteiger partial charge in [0.15, 0.2) is 0 Å². The molecule has 0 bridgehead atoms. The smallest absolute Gasteiger partial charge is 0.410 e. The number of rotatable bonds is 5. The maximum absolute atomic E-state index is 12.1. The topological polar surface area (TPSA) is 84.0 Å². The molecule has 3 rings (SSSR count). The first-order valence-corrected chi connectivity index (χ1v) is 10.2. The number of carbonyl (C=O) groups excluding carboxylic acids is 1. The summed E-state index contributed by atoms with van der Waals surface area (Å²) in [7, 11) is 0. The number of nitriles is 1. The van der Waals surface area contributed by atoms with Crippen LogP contribution in [0.25, 0.3) is 11.1 Å². The highest BCUT2D eigenvalue weighted by atomic mass is 16.6. The van der Waals surface area contributed by atoms with Crippen molar-refractivity contribution < 1.29 is 9.53 Å². The molecule has 0 saturated carbocycles. The number of carbonyl (C=O) groups is 1. The van der Waals surface area contributed by atoms with E-state index in [0.717, 1.165) is 56.4 Å². The molecule has 3 heterocycles. The molecular weight excluding hydrogens is 366 g/mol. The zero-order chi connectivity index (χ0) is 20.9. The second kappa shape index (κ2) is 9.08. The van der Waals surface area contributed by atoms with Crippen molar-refractivity contribution in [3.8, 4) is 17.2 Å². The van der Waals surface area contributed by atoms with Crippen molar-refractivity contribution >= 4 is 6.09 Å². The van der Waals surface area contributed by atoms with Gasteiger partial charge in [-0.3, -0.25) is 4.68 Å². The fourth-order valence-electron chi connectivity index (χ4n) is 3.54. The number of pyridine rings is 1. The number of hydrogen-bond donors (Lipinski definition) is 0. The molecule has 2 aromatic heterocycles. The first kappa shape index (κ1) is 20.8. The summed E-state index contributed by atoms with van der Waals surface area (Å²) in [6.45, 7) is 8.12. The van der Waals surface area contributed by atoms with E-state index >= 15 is 0 Å². The van der Waals surface area contributed by atoms with Gasteiger partial charge >= 0.3 is 6.09 Å². The van der Waals surface area contributed by atoms with E-state index in [4.69, 9.17) is 10.00 Å². The molecule has 0 atom stereocenters. The largest absolute Gasteiger partial charge is 0.444 e. The van der Waals surface area contributed by atoms with E-state index in [1.54, 1.807) is 12.3 Å². The summed E-state index contributed by atoms with van der Waals surface area (Å²) in [5.41, 5.74) is 1.95. The Morgan fingerprint density at radius 1 is 1.24 bits per heavy atom. The highest BCUT2D eigenvalue weighted by Gasteiger charge is 2.26. The highest BCUT2D eigenvalue weighted by Crippen LogP contribution is 2.24. The molecule has 7 nitrogen and oxygen atoms in total. The number of nitrogens with zero attached hydrogens (tertiary/aromatic N) is 5. The number of piperidine rings is 1. The number of likely N-dealkylation sites (tertiary alicyclic amines) is 1. The molecule has 0 aliphatic carbocycles. The highest BCUT2D eigenvalue weighted by molar-refractivity contribution is 5.68. The fourth-order valence-corrected chi connectivity index (χ4v) is 3.54. The Morgan fingerprint density at radius 2 is 2.00 bits per heavy atom. The van der Waals surface area contributed by atoms with E-state index in [9.17, 15) is 4.79 Å². The molecular formula is C22H29N5O2. The first-order chi connectivity index (χ1) is 13.8. The third-order valence-corrected chi connectivity index (χ3v) is 5.11. The van der Waals surface area contributed by atoms with E-state index in [1.807, 2.05) is 54.9 Å². The molecule has 7 heteroatoms. The van der Waals surface area contributed by atoms with Gasteiger partial charge in [0.2, 0.25) is 0 Å². The summed E-state index contributed by atoms with van der Waals surface area (Å²) >= 11 is 0. The van der Waals surface area contributed by atoms with Gasteiger partial charge in [-0.2, -0.15) is 10.4 Å². The second-order valence-electron chi connectivity index (χ2n) is 8.59. The standard InChI is InChI=1S/C22H29N5O2/c1-22(2,3)29-21(28)26-11-8-17(9-12-26)5-4-10-27-16-19(15-25-27)18-6-7-20(13-23)24-14-18/h6-7,14-17H,4-5,8-12H2,1-3H3. The van der Waals surface area contributed by atoms with E-state index in [1.165, 1.54) is 0 Å². The van der Waals surface area contributed by atoms with Crippen LogP contribution in [0, 0.1) is 17.2 Å². The van der Waals surface area contributed by atoms with Crippen LogP contribution >= 0.6 is 0 Å². The van der Waals surface area contributed by atoms with Gasteiger partial charge in [0.25, 0.3) is 0 Å². The Labute approximate surface area is 172 Å². The summed E-state index contributed by atoms with van der Waals surface area (Å²) in [5.74, 6) is 0.645. The zero-order valence-corrected chi connectivity index (χ0v) is 17.5. The average molecular weight is 396 g/mol. The molecule has 1 aliphatic rings. The van der Waals surface area contributed by atoms with Gasteiger partial charge in [-0.05, 0) is 64.5 Å². The lowest BCUT2D eigenvalue weighted by atomic mass is 9.92. The normalized spacial score (nSPS) is 15.2. The maximum Gasteiger partial charge on any atom is 0.410 e. The average Bonchev–Trinajstić information content (AvgIpc) is 3.16. The van der Waals surface area contributed by atoms with E-state index in [0.29, 0.717) is 11.6 Å². The third-order valence-electron chi connectivity index (χ3n) is 5.11. The van der Waals surface area contributed by atoms with Gasteiger partial charge in [-0.15, -0.1) is 0 Å². The monoisotopic (exact) mass is 395 g/mol. The quantitative estimate of drug-likeness (QED) is 0.756. The van der Waals surface area contributed by atoms with Crippen molar-refractivity contribution in [2.24, 2.45) is 5.92 Å². The van der Waals surface area contributed by atoms with Gasteiger partial charge in [0, 0.05) is 43.2 Å². The lowest BCUT2D eigenvalue weighted by molar-refractivity contribution is 0.0180. The van der Waals surface area contributed by atoms with Crippen molar-refractivity contribution in [2.45, 2.75) is 58.6 Å². The van der Waals surface area contributed by atoms with Crippen LogP contribution in [0.4, 0.5) is 4.79 Å². The van der Waals surface area contributed by atoms with Gasteiger partial charge in [0.05, 0.1) is 6.20 Å². The van der Waals surface area contributed by atoms with E-state index < -0.39 is 5.60 Å². The molecule has 0 radical (unpaired) electrons. The predicted molar refractivity (Wildman–Crippen MR) is 110 cm³/mol. The number of aryl methyl sites for hydroxylation is 1. The van der Waals surface area contributed by atoms with Crippen LogP contribution in [-0.4, -0.2) is 44.4 Å². The molecule has 1 aliphatic heterocycles. The predicted octanol–water partition coefficient (Wildman–Crippen LogP) is 4.24. The van der Waals surface area contributed by atoms with E-state index in [-0.39, 0.29) is 6.09 Å². The summed E-state index contributed by atoms with van der Waals surface area (Å²) in [6, 6.07) is 5.64. The van der Waals surface area contributed by atoms with Crippen molar-refractivity contribution in [3.63, 3.8) is 0 Å². The van der Waals surface area contributed by atoms with Crippen molar-refractivity contribution in [1.82, 2.24) is 19.7 Å². The van der Waals surface area contributed by atoms with Crippen LogP contribution in [-0.2, 0) is 11.3 Å². The fraction of sp³-hybridized carbons (Fsp3) is 0.545. The molecule has 1 amide bonds. The summed E-state index contributed by atoms with van der Waals surface area (Å²) in [5, 5.41) is 13.3. The number of hydrogen-bond acceptors (Lipinski definition) is 5. The van der Waals surface area contributed by atoms with Crippen LogP contribution in [0.2, 0.25) is 0 Å². The Bertz CT molecular complexity index is 853. The number of amides is 1. The minimum absolute atomic E-state index is 0.197. The summed E-state index contributed by atoms with van der Waals surface area (Å²) in [4.78, 5) is 18.1. The Balaban J connectivity index is 1.41.